The zero-order chi connectivity index (χ0) is 10.6. The van der Waals surface area contributed by atoms with Gasteiger partial charge in [0.05, 0.1) is 0 Å². The third-order valence-electron chi connectivity index (χ3n) is 2.73. The Morgan fingerprint density at radius 3 is 2.79 bits per heavy atom. The Balaban J connectivity index is 2.23. The molecule has 3 nitrogen and oxygen atoms in total. The molecule has 1 saturated carbocycles. The molecule has 2 N–H and O–H groups in total. The van der Waals surface area contributed by atoms with Crippen molar-refractivity contribution < 1.29 is 9.90 Å². The molecule has 0 aromatic heterocycles. The Labute approximate surface area is 85.2 Å². The van der Waals surface area contributed by atoms with Gasteiger partial charge in [0.25, 0.3) is 0 Å². The van der Waals surface area contributed by atoms with Gasteiger partial charge in [-0.05, 0) is 32.1 Å². The minimum atomic E-state index is -0.857. The van der Waals surface area contributed by atoms with Crippen LogP contribution in [0.15, 0.2) is 11.6 Å². The third kappa shape index (κ3) is 3.92. The SMILES string of the molecule is CC(=CC(=O)O)CNC1CCC(C)C1. The zero-order valence-corrected chi connectivity index (χ0v) is 8.92. The van der Waals surface area contributed by atoms with Crippen LogP contribution < -0.4 is 5.32 Å². The zero-order valence-electron chi connectivity index (χ0n) is 8.92. The molecule has 14 heavy (non-hydrogen) atoms. The van der Waals surface area contributed by atoms with E-state index in [1.54, 1.807) is 0 Å². The number of carboxylic acid groups (broad SMARTS) is 1. The molecular weight excluding hydrogens is 178 g/mol. The Morgan fingerprint density at radius 2 is 2.29 bits per heavy atom. The van der Waals surface area contributed by atoms with Gasteiger partial charge in [-0.2, -0.15) is 0 Å². The van der Waals surface area contributed by atoms with Crippen molar-refractivity contribution in [2.24, 2.45) is 5.92 Å². The number of aliphatic carboxylic acids is 1. The standard InChI is InChI=1S/C11H19NO2/c1-8-3-4-10(5-8)12-7-9(2)6-11(13)14/h6,8,10,12H,3-5,7H2,1-2H3,(H,13,14). The van der Waals surface area contributed by atoms with E-state index in [1.165, 1.54) is 25.3 Å². The molecule has 1 aliphatic rings. The van der Waals surface area contributed by atoms with Gasteiger partial charge < -0.3 is 10.4 Å². The van der Waals surface area contributed by atoms with Crippen LogP contribution in [0.25, 0.3) is 0 Å². The highest BCUT2D eigenvalue weighted by Gasteiger charge is 2.20. The maximum Gasteiger partial charge on any atom is 0.328 e. The van der Waals surface area contributed by atoms with Crippen molar-refractivity contribution in [1.29, 1.82) is 0 Å². The number of hydrogen-bond donors (Lipinski definition) is 2. The average molecular weight is 197 g/mol. The van der Waals surface area contributed by atoms with Gasteiger partial charge >= 0.3 is 5.97 Å². The lowest BCUT2D eigenvalue weighted by Crippen LogP contribution is -2.28. The third-order valence-corrected chi connectivity index (χ3v) is 2.73. The Hall–Kier alpha value is -0.830. The first-order valence-electron chi connectivity index (χ1n) is 5.21. The average Bonchev–Trinajstić information content (AvgIpc) is 2.47. The van der Waals surface area contributed by atoms with Crippen molar-refractivity contribution in [3.8, 4) is 0 Å². The van der Waals surface area contributed by atoms with Crippen molar-refractivity contribution in [1.82, 2.24) is 5.32 Å². The maximum atomic E-state index is 10.4. The molecule has 2 atom stereocenters. The van der Waals surface area contributed by atoms with Gasteiger partial charge in [0, 0.05) is 18.7 Å². The Bertz CT molecular complexity index is 235. The molecule has 0 spiro atoms. The molecule has 80 valence electrons. The quantitative estimate of drug-likeness (QED) is 0.676. The summed E-state index contributed by atoms with van der Waals surface area (Å²) in [5.41, 5.74) is 0.886. The summed E-state index contributed by atoms with van der Waals surface area (Å²) in [6, 6.07) is 0.585. The van der Waals surface area contributed by atoms with Crippen molar-refractivity contribution in [2.45, 2.75) is 39.2 Å². The Morgan fingerprint density at radius 1 is 1.57 bits per heavy atom. The fourth-order valence-electron chi connectivity index (χ4n) is 1.96. The van der Waals surface area contributed by atoms with Crippen LogP contribution in [0.5, 0.6) is 0 Å². The summed E-state index contributed by atoms with van der Waals surface area (Å²) in [5, 5.41) is 11.9. The van der Waals surface area contributed by atoms with E-state index >= 15 is 0 Å². The second kappa shape index (κ2) is 5.15. The van der Waals surface area contributed by atoms with Gasteiger partial charge in [-0.25, -0.2) is 4.79 Å². The number of carboxylic acids is 1. The molecule has 0 aliphatic heterocycles. The minimum absolute atomic E-state index is 0.585. The first-order chi connectivity index (χ1) is 6.58. The van der Waals surface area contributed by atoms with E-state index in [9.17, 15) is 4.79 Å². The van der Waals surface area contributed by atoms with E-state index in [2.05, 4.69) is 12.2 Å². The summed E-state index contributed by atoms with van der Waals surface area (Å²) in [7, 11) is 0. The summed E-state index contributed by atoms with van der Waals surface area (Å²) < 4.78 is 0. The summed E-state index contributed by atoms with van der Waals surface area (Å²) in [6.07, 6.45) is 5.01. The molecule has 1 fully saturated rings. The van der Waals surface area contributed by atoms with Crippen molar-refractivity contribution in [3.05, 3.63) is 11.6 Å². The lowest BCUT2D eigenvalue weighted by Gasteiger charge is -2.11. The van der Waals surface area contributed by atoms with Gasteiger partial charge in [-0.15, -0.1) is 0 Å². The van der Waals surface area contributed by atoms with E-state index in [1.807, 2.05) is 6.92 Å². The summed E-state index contributed by atoms with van der Waals surface area (Å²) >= 11 is 0. The molecule has 3 heteroatoms. The van der Waals surface area contributed by atoms with Crippen LogP contribution in [0, 0.1) is 5.92 Å². The molecule has 0 amide bonds. The van der Waals surface area contributed by atoms with Gasteiger partial charge in [-0.1, -0.05) is 12.5 Å². The largest absolute Gasteiger partial charge is 0.478 e. The summed E-state index contributed by atoms with van der Waals surface area (Å²) in [5.74, 6) is -0.0413. The maximum absolute atomic E-state index is 10.4. The first kappa shape index (κ1) is 11.2. The predicted octanol–water partition coefficient (Wildman–Crippen LogP) is 1.80. The molecule has 0 heterocycles. The number of nitrogens with one attached hydrogen (secondary N) is 1. The molecule has 0 aromatic carbocycles. The van der Waals surface area contributed by atoms with E-state index in [0.29, 0.717) is 12.6 Å². The summed E-state index contributed by atoms with van der Waals surface area (Å²) in [6.45, 7) is 4.81. The van der Waals surface area contributed by atoms with Crippen LogP contribution >= 0.6 is 0 Å². The molecular formula is C11H19NO2. The molecule has 0 radical (unpaired) electrons. The van der Waals surface area contributed by atoms with E-state index in [4.69, 9.17) is 5.11 Å². The summed E-state index contributed by atoms with van der Waals surface area (Å²) in [4.78, 5) is 10.4. The van der Waals surface area contributed by atoms with Gasteiger partial charge in [-0.3, -0.25) is 0 Å². The minimum Gasteiger partial charge on any atom is -0.478 e. The molecule has 1 rings (SSSR count). The molecule has 0 bridgehead atoms. The fourth-order valence-corrected chi connectivity index (χ4v) is 1.96. The smallest absolute Gasteiger partial charge is 0.328 e. The van der Waals surface area contributed by atoms with Crippen LogP contribution in [-0.4, -0.2) is 23.7 Å². The number of rotatable bonds is 4. The van der Waals surface area contributed by atoms with Crippen molar-refractivity contribution in [3.63, 3.8) is 0 Å². The van der Waals surface area contributed by atoms with Crippen LogP contribution in [0.2, 0.25) is 0 Å². The lowest BCUT2D eigenvalue weighted by molar-refractivity contribution is -0.131. The predicted molar refractivity (Wildman–Crippen MR) is 56.2 cm³/mol. The lowest BCUT2D eigenvalue weighted by atomic mass is 10.1. The van der Waals surface area contributed by atoms with E-state index in [-0.39, 0.29) is 0 Å². The molecule has 0 aromatic rings. The van der Waals surface area contributed by atoms with Crippen LogP contribution in [0.3, 0.4) is 0 Å². The normalized spacial score (nSPS) is 28.0. The fraction of sp³-hybridized carbons (Fsp3) is 0.727. The monoisotopic (exact) mass is 197 g/mol. The second-order valence-corrected chi connectivity index (χ2v) is 4.32. The van der Waals surface area contributed by atoms with Crippen LogP contribution in [0.4, 0.5) is 0 Å². The highest BCUT2D eigenvalue weighted by molar-refractivity contribution is 5.80. The highest BCUT2D eigenvalue weighted by Crippen LogP contribution is 2.24. The van der Waals surface area contributed by atoms with E-state index in [0.717, 1.165) is 11.5 Å². The van der Waals surface area contributed by atoms with Crippen molar-refractivity contribution in [2.75, 3.05) is 6.54 Å². The second-order valence-electron chi connectivity index (χ2n) is 4.32. The number of hydrogen-bond acceptors (Lipinski definition) is 2. The first-order valence-corrected chi connectivity index (χ1v) is 5.21. The van der Waals surface area contributed by atoms with Crippen LogP contribution in [0.1, 0.15) is 33.1 Å². The number of carbonyl (C=O) groups is 1. The van der Waals surface area contributed by atoms with Gasteiger partial charge in [0.1, 0.15) is 0 Å². The van der Waals surface area contributed by atoms with Gasteiger partial charge in [0.2, 0.25) is 0 Å². The van der Waals surface area contributed by atoms with Crippen LogP contribution in [-0.2, 0) is 4.79 Å². The van der Waals surface area contributed by atoms with Crippen molar-refractivity contribution >= 4 is 5.97 Å². The topological polar surface area (TPSA) is 49.3 Å². The van der Waals surface area contributed by atoms with Gasteiger partial charge in [0.15, 0.2) is 0 Å². The molecule has 0 saturated heterocycles. The highest BCUT2D eigenvalue weighted by atomic mass is 16.4. The Kier molecular flexibility index (Phi) is 4.14. The van der Waals surface area contributed by atoms with E-state index < -0.39 is 5.97 Å². The molecule has 1 aliphatic carbocycles. The molecule has 2 unspecified atom stereocenters.